The SMILES string of the molecule is Cc1ccccc1NC(C)C(=O)N(C)c1ccccc1. The van der Waals surface area contributed by atoms with Gasteiger partial charge in [0.25, 0.3) is 0 Å². The van der Waals surface area contributed by atoms with Crippen LogP contribution >= 0.6 is 0 Å². The molecule has 0 heterocycles. The Balaban J connectivity index is 2.08. The average Bonchev–Trinajstić information content (AvgIpc) is 2.49. The van der Waals surface area contributed by atoms with Crippen LogP contribution in [0.2, 0.25) is 0 Å². The van der Waals surface area contributed by atoms with Gasteiger partial charge in [0.2, 0.25) is 5.91 Å². The summed E-state index contributed by atoms with van der Waals surface area (Å²) in [5, 5.41) is 3.27. The summed E-state index contributed by atoms with van der Waals surface area (Å²) in [5.74, 6) is 0.0412. The number of nitrogens with one attached hydrogen (secondary N) is 1. The van der Waals surface area contributed by atoms with Gasteiger partial charge in [-0.05, 0) is 37.6 Å². The van der Waals surface area contributed by atoms with Crippen molar-refractivity contribution in [3.63, 3.8) is 0 Å². The van der Waals surface area contributed by atoms with Gasteiger partial charge in [0.05, 0.1) is 0 Å². The van der Waals surface area contributed by atoms with Crippen LogP contribution in [0.15, 0.2) is 54.6 Å². The molecule has 20 heavy (non-hydrogen) atoms. The summed E-state index contributed by atoms with van der Waals surface area (Å²) in [6.45, 7) is 3.91. The van der Waals surface area contributed by atoms with Crippen LogP contribution in [0.3, 0.4) is 0 Å². The summed E-state index contributed by atoms with van der Waals surface area (Å²) < 4.78 is 0. The number of rotatable bonds is 4. The number of amides is 1. The van der Waals surface area contributed by atoms with Crippen LogP contribution in [-0.2, 0) is 4.79 Å². The first-order valence-electron chi connectivity index (χ1n) is 6.74. The minimum absolute atomic E-state index is 0.0412. The summed E-state index contributed by atoms with van der Waals surface area (Å²) in [7, 11) is 1.80. The fourth-order valence-electron chi connectivity index (χ4n) is 2.10. The fourth-order valence-corrected chi connectivity index (χ4v) is 2.10. The molecule has 0 bridgehead atoms. The number of para-hydroxylation sites is 2. The maximum atomic E-state index is 12.4. The molecule has 3 nitrogen and oxygen atoms in total. The molecule has 0 aliphatic rings. The number of aryl methyl sites for hydroxylation is 1. The highest BCUT2D eigenvalue weighted by molar-refractivity contribution is 5.98. The molecule has 3 heteroatoms. The van der Waals surface area contributed by atoms with E-state index < -0.39 is 0 Å². The van der Waals surface area contributed by atoms with Crippen LogP contribution in [0.1, 0.15) is 12.5 Å². The van der Waals surface area contributed by atoms with Crippen LogP contribution in [-0.4, -0.2) is 19.0 Å². The standard InChI is InChI=1S/C17H20N2O/c1-13-9-7-8-12-16(13)18-14(2)17(20)19(3)15-10-5-4-6-11-15/h4-12,14,18H,1-3H3. The van der Waals surface area contributed by atoms with E-state index in [1.165, 1.54) is 0 Å². The van der Waals surface area contributed by atoms with E-state index in [0.717, 1.165) is 16.9 Å². The molecule has 0 saturated heterocycles. The lowest BCUT2D eigenvalue weighted by molar-refractivity contribution is -0.118. The van der Waals surface area contributed by atoms with E-state index in [0.29, 0.717) is 0 Å². The van der Waals surface area contributed by atoms with Crippen molar-refractivity contribution in [2.45, 2.75) is 19.9 Å². The van der Waals surface area contributed by atoms with Crippen molar-refractivity contribution in [2.75, 3.05) is 17.3 Å². The van der Waals surface area contributed by atoms with Gasteiger partial charge < -0.3 is 10.2 Å². The second-order valence-corrected chi connectivity index (χ2v) is 4.91. The zero-order chi connectivity index (χ0) is 14.5. The van der Waals surface area contributed by atoms with E-state index in [1.807, 2.05) is 68.4 Å². The van der Waals surface area contributed by atoms with E-state index >= 15 is 0 Å². The van der Waals surface area contributed by atoms with Gasteiger partial charge in [-0.1, -0.05) is 36.4 Å². The molecule has 1 N–H and O–H groups in total. The molecule has 1 amide bonds. The third-order valence-corrected chi connectivity index (χ3v) is 3.36. The Morgan fingerprint density at radius 3 is 2.30 bits per heavy atom. The largest absolute Gasteiger partial charge is 0.374 e. The van der Waals surface area contributed by atoms with E-state index in [4.69, 9.17) is 0 Å². The molecule has 0 aliphatic carbocycles. The molecular weight excluding hydrogens is 248 g/mol. The Kier molecular flexibility index (Phi) is 4.41. The van der Waals surface area contributed by atoms with Crippen molar-refractivity contribution in [1.29, 1.82) is 0 Å². The number of carbonyl (C=O) groups is 1. The highest BCUT2D eigenvalue weighted by atomic mass is 16.2. The van der Waals surface area contributed by atoms with Gasteiger partial charge in [-0.15, -0.1) is 0 Å². The second-order valence-electron chi connectivity index (χ2n) is 4.91. The fraction of sp³-hybridized carbons (Fsp3) is 0.235. The number of likely N-dealkylation sites (N-methyl/N-ethyl adjacent to an activating group) is 1. The van der Waals surface area contributed by atoms with Crippen LogP contribution in [0, 0.1) is 6.92 Å². The summed E-state index contributed by atoms with van der Waals surface area (Å²) in [6.07, 6.45) is 0. The van der Waals surface area contributed by atoms with E-state index in [2.05, 4.69) is 5.32 Å². The number of nitrogens with zero attached hydrogens (tertiary/aromatic N) is 1. The van der Waals surface area contributed by atoms with E-state index in [-0.39, 0.29) is 11.9 Å². The van der Waals surface area contributed by atoms with Crippen molar-refractivity contribution >= 4 is 17.3 Å². The Bertz CT molecular complexity index is 581. The lowest BCUT2D eigenvalue weighted by atomic mass is 10.1. The number of hydrogen-bond donors (Lipinski definition) is 1. The minimum atomic E-state index is -0.277. The topological polar surface area (TPSA) is 32.3 Å². The van der Waals surface area contributed by atoms with Crippen LogP contribution in [0.25, 0.3) is 0 Å². The third kappa shape index (κ3) is 3.18. The molecule has 0 radical (unpaired) electrons. The predicted molar refractivity (Wildman–Crippen MR) is 84.1 cm³/mol. The Labute approximate surface area is 120 Å². The maximum Gasteiger partial charge on any atom is 0.248 e. The molecule has 2 aromatic rings. The summed E-state index contributed by atoms with van der Waals surface area (Å²) >= 11 is 0. The highest BCUT2D eigenvalue weighted by Gasteiger charge is 2.18. The Morgan fingerprint density at radius 2 is 1.65 bits per heavy atom. The van der Waals surface area contributed by atoms with Gasteiger partial charge in [-0.2, -0.15) is 0 Å². The van der Waals surface area contributed by atoms with Crippen molar-refractivity contribution < 1.29 is 4.79 Å². The number of hydrogen-bond acceptors (Lipinski definition) is 2. The normalized spacial score (nSPS) is 11.8. The minimum Gasteiger partial charge on any atom is -0.374 e. The quantitative estimate of drug-likeness (QED) is 0.921. The van der Waals surface area contributed by atoms with E-state index in [9.17, 15) is 4.79 Å². The van der Waals surface area contributed by atoms with Gasteiger partial charge in [-0.25, -0.2) is 0 Å². The van der Waals surface area contributed by atoms with Crippen LogP contribution in [0.4, 0.5) is 11.4 Å². The van der Waals surface area contributed by atoms with Gasteiger partial charge in [-0.3, -0.25) is 4.79 Å². The lowest BCUT2D eigenvalue weighted by Gasteiger charge is -2.23. The van der Waals surface area contributed by atoms with Crippen LogP contribution < -0.4 is 10.2 Å². The monoisotopic (exact) mass is 268 g/mol. The summed E-state index contributed by atoms with van der Waals surface area (Å²) in [5.41, 5.74) is 3.03. The molecule has 1 atom stereocenters. The Hall–Kier alpha value is -2.29. The van der Waals surface area contributed by atoms with Gasteiger partial charge in [0.15, 0.2) is 0 Å². The van der Waals surface area contributed by atoms with Gasteiger partial charge in [0.1, 0.15) is 6.04 Å². The van der Waals surface area contributed by atoms with Crippen molar-refractivity contribution in [1.82, 2.24) is 0 Å². The van der Waals surface area contributed by atoms with Crippen molar-refractivity contribution in [3.8, 4) is 0 Å². The first kappa shape index (κ1) is 14.1. The first-order chi connectivity index (χ1) is 9.59. The first-order valence-corrected chi connectivity index (χ1v) is 6.74. The second kappa shape index (κ2) is 6.24. The van der Waals surface area contributed by atoms with Crippen molar-refractivity contribution in [3.05, 3.63) is 60.2 Å². The van der Waals surface area contributed by atoms with E-state index in [1.54, 1.807) is 11.9 Å². The van der Waals surface area contributed by atoms with Gasteiger partial charge >= 0.3 is 0 Å². The molecule has 1 unspecified atom stereocenters. The molecule has 104 valence electrons. The molecule has 0 aromatic heterocycles. The number of anilines is 2. The highest BCUT2D eigenvalue weighted by Crippen LogP contribution is 2.17. The molecular formula is C17H20N2O. The molecule has 0 spiro atoms. The summed E-state index contributed by atoms with van der Waals surface area (Å²) in [6, 6.07) is 17.4. The molecule has 0 aliphatic heterocycles. The zero-order valence-electron chi connectivity index (χ0n) is 12.1. The molecule has 2 rings (SSSR count). The maximum absolute atomic E-state index is 12.4. The number of benzene rings is 2. The molecule has 0 fully saturated rings. The third-order valence-electron chi connectivity index (χ3n) is 3.36. The van der Waals surface area contributed by atoms with Crippen LogP contribution in [0.5, 0.6) is 0 Å². The smallest absolute Gasteiger partial charge is 0.248 e. The average molecular weight is 268 g/mol. The zero-order valence-corrected chi connectivity index (χ0v) is 12.1. The molecule has 0 saturated carbocycles. The number of carbonyl (C=O) groups excluding carboxylic acids is 1. The Morgan fingerprint density at radius 1 is 1.05 bits per heavy atom. The molecule has 2 aromatic carbocycles. The lowest BCUT2D eigenvalue weighted by Crippen LogP contribution is -2.39. The predicted octanol–water partition coefficient (Wildman–Crippen LogP) is 3.46. The van der Waals surface area contributed by atoms with Crippen molar-refractivity contribution in [2.24, 2.45) is 0 Å². The summed E-state index contributed by atoms with van der Waals surface area (Å²) in [4.78, 5) is 14.1. The van der Waals surface area contributed by atoms with Gasteiger partial charge in [0, 0.05) is 18.4 Å².